The molecule has 0 bridgehead atoms. The van der Waals surface area contributed by atoms with Crippen LogP contribution in [-0.2, 0) is 33.5 Å². The number of hydrogen-bond donors (Lipinski definition) is 0. The summed E-state index contributed by atoms with van der Waals surface area (Å²) in [6.45, 7) is 2.53. The van der Waals surface area contributed by atoms with Gasteiger partial charge >= 0.3 is 0 Å². The van der Waals surface area contributed by atoms with Gasteiger partial charge < -0.3 is 14.0 Å². The van der Waals surface area contributed by atoms with Crippen LogP contribution in [0.2, 0.25) is 0 Å². The van der Waals surface area contributed by atoms with E-state index in [1.54, 1.807) is 6.20 Å². The molecule has 0 unspecified atom stereocenters. The molecule has 1 aliphatic heterocycles. The molecule has 0 saturated heterocycles. The highest BCUT2D eigenvalue weighted by molar-refractivity contribution is 7.90. The normalized spacial score (nSPS) is 14.5. The lowest BCUT2D eigenvalue weighted by atomic mass is 10.1. The molecule has 0 spiro atoms. The molecule has 1 aromatic heterocycles. The molecule has 3 rings (SSSR count). The van der Waals surface area contributed by atoms with Crippen LogP contribution >= 0.6 is 0 Å². The molecule has 1 aliphatic rings. The predicted molar refractivity (Wildman–Crippen MR) is 75.5 cm³/mol. The highest BCUT2D eigenvalue weighted by atomic mass is 32.2. The number of imidazole rings is 1. The fourth-order valence-corrected chi connectivity index (χ4v) is 3.97. The van der Waals surface area contributed by atoms with Crippen molar-refractivity contribution in [3.63, 3.8) is 0 Å². The summed E-state index contributed by atoms with van der Waals surface area (Å²) >= 11 is 0. The highest BCUT2D eigenvalue weighted by Crippen LogP contribution is 2.31. The van der Waals surface area contributed by atoms with Crippen molar-refractivity contribution < 1.29 is 22.3 Å². The third-order valence-electron chi connectivity index (χ3n) is 3.39. The average molecular weight is 326 g/mol. The fraction of sp³-hybridized carbons (Fsp3) is 0.357. The monoisotopic (exact) mass is 326 g/mol. The Morgan fingerprint density at radius 1 is 1.41 bits per heavy atom. The number of hydrogen-bond acceptors (Lipinski definition) is 5. The van der Waals surface area contributed by atoms with Crippen LogP contribution in [0, 0.1) is 5.82 Å². The quantitative estimate of drug-likeness (QED) is 0.858. The number of fused-ring (bicyclic) bond motifs is 1. The van der Waals surface area contributed by atoms with Crippen molar-refractivity contribution in [3.05, 3.63) is 41.5 Å². The van der Waals surface area contributed by atoms with E-state index >= 15 is 0 Å². The standard InChI is InChI=1S/C14H15FN2O4S/c1-2-17-4-3-16-14(17)22(18,19)8-11-6-12(15)5-10-7-20-9-21-13(10)11/h3-6H,2,7-9H2,1H3. The maximum atomic E-state index is 13.7. The van der Waals surface area contributed by atoms with Crippen LogP contribution in [0.25, 0.3) is 0 Å². The second kappa shape index (κ2) is 5.69. The summed E-state index contributed by atoms with van der Waals surface area (Å²) in [4.78, 5) is 3.91. The van der Waals surface area contributed by atoms with E-state index in [1.165, 1.54) is 22.9 Å². The molecule has 1 aromatic carbocycles. The number of halogens is 1. The molecule has 2 heterocycles. The number of sulfone groups is 1. The van der Waals surface area contributed by atoms with Gasteiger partial charge in [0, 0.05) is 30.1 Å². The molecule has 8 heteroatoms. The molecule has 0 atom stereocenters. The van der Waals surface area contributed by atoms with Gasteiger partial charge in [-0.3, -0.25) is 0 Å². The van der Waals surface area contributed by atoms with Crippen molar-refractivity contribution >= 4 is 9.84 Å². The lowest BCUT2D eigenvalue weighted by Crippen LogP contribution is -2.17. The van der Waals surface area contributed by atoms with Crippen LogP contribution in [0.3, 0.4) is 0 Å². The Bertz CT molecular complexity index is 801. The molecular weight excluding hydrogens is 311 g/mol. The van der Waals surface area contributed by atoms with E-state index < -0.39 is 15.7 Å². The van der Waals surface area contributed by atoms with Crippen molar-refractivity contribution in [1.82, 2.24) is 9.55 Å². The van der Waals surface area contributed by atoms with Crippen molar-refractivity contribution in [2.24, 2.45) is 0 Å². The molecule has 0 aliphatic carbocycles. The minimum absolute atomic E-state index is 0.0231. The van der Waals surface area contributed by atoms with E-state index in [4.69, 9.17) is 9.47 Å². The SMILES string of the molecule is CCn1ccnc1S(=O)(=O)Cc1cc(F)cc2c1OCOC2. The van der Waals surface area contributed by atoms with Crippen LogP contribution in [0.15, 0.2) is 29.7 Å². The van der Waals surface area contributed by atoms with Crippen LogP contribution in [0.4, 0.5) is 4.39 Å². The number of nitrogens with zero attached hydrogens (tertiary/aromatic N) is 2. The zero-order valence-corrected chi connectivity index (χ0v) is 12.8. The summed E-state index contributed by atoms with van der Waals surface area (Å²) in [5, 5.41) is -0.0277. The van der Waals surface area contributed by atoms with E-state index in [-0.39, 0.29) is 29.9 Å². The Morgan fingerprint density at radius 3 is 3.00 bits per heavy atom. The first-order valence-electron chi connectivity index (χ1n) is 6.77. The van der Waals surface area contributed by atoms with Gasteiger partial charge in [-0.25, -0.2) is 17.8 Å². The number of rotatable bonds is 4. The van der Waals surface area contributed by atoms with Crippen LogP contribution < -0.4 is 4.74 Å². The smallest absolute Gasteiger partial charge is 0.227 e. The Kier molecular flexibility index (Phi) is 3.88. The summed E-state index contributed by atoms with van der Waals surface area (Å²) in [6.07, 6.45) is 3.03. The Morgan fingerprint density at radius 2 is 2.23 bits per heavy atom. The van der Waals surface area contributed by atoms with Crippen molar-refractivity contribution in [2.75, 3.05) is 6.79 Å². The van der Waals surface area contributed by atoms with Crippen molar-refractivity contribution in [3.8, 4) is 5.75 Å². The van der Waals surface area contributed by atoms with Crippen LogP contribution in [0.5, 0.6) is 5.75 Å². The first kappa shape index (κ1) is 15.0. The van der Waals surface area contributed by atoms with Crippen LogP contribution in [-0.4, -0.2) is 24.8 Å². The summed E-state index contributed by atoms with van der Waals surface area (Å²) in [6, 6.07) is 2.47. The van der Waals surface area contributed by atoms with Gasteiger partial charge in [0.2, 0.25) is 15.0 Å². The van der Waals surface area contributed by atoms with Gasteiger partial charge in [-0.05, 0) is 19.1 Å². The third-order valence-corrected chi connectivity index (χ3v) is 4.98. The third kappa shape index (κ3) is 2.71. The van der Waals surface area contributed by atoms with Gasteiger partial charge in [-0.2, -0.15) is 0 Å². The zero-order valence-electron chi connectivity index (χ0n) is 12.0. The first-order valence-corrected chi connectivity index (χ1v) is 8.42. The number of benzene rings is 1. The van der Waals surface area contributed by atoms with Crippen LogP contribution in [0.1, 0.15) is 18.1 Å². The molecule has 0 N–H and O–H groups in total. The number of ether oxygens (including phenoxy) is 2. The minimum Gasteiger partial charge on any atom is -0.467 e. The maximum absolute atomic E-state index is 13.7. The number of aromatic nitrogens is 2. The van der Waals surface area contributed by atoms with E-state index in [1.807, 2.05) is 6.92 Å². The highest BCUT2D eigenvalue weighted by Gasteiger charge is 2.25. The maximum Gasteiger partial charge on any atom is 0.227 e. The molecule has 0 amide bonds. The molecule has 22 heavy (non-hydrogen) atoms. The summed E-state index contributed by atoms with van der Waals surface area (Å²) in [5.74, 6) is -0.507. The van der Waals surface area contributed by atoms with E-state index in [0.717, 1.165) is 0 Å². The van der Waals surface area contributed by atoms with Gasteiger partial charge in [-0.1, -0.05) is 0 Å². The average Bonchev–Trinajstić information content (AvgIpc) is 2.96. The Labute approximate surface area is 127 Å². The van der Waals surface area contributed by atoms with E-state index in [2.05, 4.69) is 4.98 Å². The zero-order chi connectivity index (χ0) is 15.7. The molecule has 2 aromatic rings. The molecule has 0 fully saturated rings. The lowest BCUT2D eigenvalue weighted by molar-refractivity contribution is -0.0171. The second-order valence-corrected chi connectivity index (χ2v) is 6.80. The van der Waals surface area contributed by atoms with Gasteiger partial charge in [0.1, 0.15) is 11.6 Å². The largest absolute Gasteiger partial charge is 0.467 e. The molecule has 118 valence electrons. The molecule has 0 radical (unpaired) electrons. The number of aryl methyl sites for hydroxylation is 1. The van der Waals surface area contributed by atoms with E-state index in [9.17, 15) is 12.8 Å². The topological polar surface area (TPSA) is 70.4 Å². The predicted octanol–water partition coefficient (Wildman–Crippen LogP) is 1.88. The molecule has 6 nitrogen and oxygen atoms in total. The lowest BCUT2D eigenvalue weighted by Gasteiger charge is -2.20. The second-order valence-electron chi connectivity index (χ2n) is 4.92. The van der Waals surface area contributed by atoms with E-state index in [0.29, 0.717) is 17.9 Å². The summed E-state index contributed by atoms with van der Waals surface area (Å²) in [7, 11) is -3.70. The minimum atomic E-state index is -3.70. The van der Waals surface area contributed by atoms with Crippen molar-refractivity contribution in [2.45, 2.75) is 31.0 Å². The molecule has 0 saturated carbocycles. The molecular formula is C14H15FN2O4S. The summed E-state index contributed by atoms with van der Waals surface area (Å²) in [5.41, 5.74) is 0.791. The van der Waals surface area contributed by atoms with Gasteiger partial charge in [-0.15, -0.1) is 0 Å². The Hall–Kier alpha value is -1.93. The first-order chi connectivity index (χ1) is 10.5. The van der Waals surface area contributed by atoms with Gasteiger partial charge in [0.25, 0.3) is 0 Å². The fourth-order valence-electron chi connectivity index (χ4n) is 2.45. The van der Waals surface area contributed by atoms with Crippen molar-refractivity contribution in [1.29, 1.82) is 0 Å². The summed E-state index contributed by atoms with van der Waals surface area (Å²) < 4.78 is 50.8. The Balaban J connectivity index is 2.01. The van der Waals surface area contributed by atoms with Gasteiger partial charge in [0.15, 0.2) is 6.79 Å². The van der Waals surface area contributed by atoms with Gasteiger partial charge in [0.05, 0.1) is 12.4 Å².